The van der Waals surface area contributed by atoms with Gasteiger partial charge in [-0.15, -0.1) is 11.6 Å². The molecule has 1 aromatic carbocycles. The van der Waals surface area contributed by atoms with E-state index in [9.17, 15) is 0 Å². The average Bonchev–Trinajstić information content (AvgIpc) is 2.85. The first kappa shape index (κ1) is 14.4. The Hall–Kier alpha value is -0.520. The van der Waals surface area contributed by atoms with Crippen molar-refractivity contribution in [2.45, 2.75) is 17.7 Å². The number of thioether (sulfide) groups is 2. The summed E-state index contributed by atoms with van der Waals surface area (Å²) in [4.78, 5) is 4.64. The van der Waals surface area contributed by atoms with E-state index in [0.29, 0.717) is 11.1 Å². The molecule has 0 aliphatic carbocycles. The van der Waals surface area contributed by atoms with E-state index in [1.54, 1.807) is 7.11 Å². The first-order valence-corrected chi connectivity index (χ1v) is 9.34. The highest BCUT2D eigenvalue weighted by atomic mass is 35.5. The Bertz CT molecular complexity index is 596. The minimum Gasteiger partial charge on any atom is -0.497 e. The van der Waals surface area contributed by atoms with Crippen molar-refractivity contribution >= 4 is 46.2 Å². The van der Waals surface area contributed by atoms with Gasteiger partial charge in [-0.1, -0.05) is 0 Å². The van der Waals surface area contributed by atoms with Crippen molar-refractivity contribution in [2.24, 2.45) is 0 Å². The third kappa shape index (κ3) is 2.90. The second-order valence-corrected chi connectivity index (χ2v) is 7.52. The quantitative estimate of drug-likeness (QED) is 0.801. The van der Waals surface area contributed by atoms with Crippen LogP contribution in [0.15, 0.2) is 18.2 Å². The molecule has 0 spiro atoms. The van der Waals surface area contributed by atoms with Crippen molar-refractivity contribution in [3.05, 3.63) is 24.0 Å². The lowest BCUT2D eigenvalue weighted by Crippen LogP contribution is -2.21. The summed E-state index contributed by atoms with van der Waals surface area (Å²) in [5.74, 6) is 5.96. The maximum absolute atomic E-state index is 6.07. The zero-order valence-corrected chi connectivity index (χ0v) is 13.7. The molecule has 6 heteroatoms. The number of nitrogens with zero attached hydrogens (tertiary/aromatic N) is 2. The minimum absolute atomic E-state index is 0.446. The van der Waals surface area contributed by atoms with Gasteiger partial charge in [-0.3, -0.25) is 0 Å². The summed E-state index contributed by atoms with van der Waals surface area (Å²) in [6.45, 7) is 0.989. The Kier molecular flexibility index (Phi) is 4.68. The van der Waals surface area contributed by atoms with Gasteiger partial charge < -0.3 is 9.30 Å². The molecule has 1 aliphatic rings. The Morgan fingerprint density at radius 2 is 2.35 bits per heavy atom. The standard InChI is InChI=1S/C14H17ClN2OS2/c1-18-10-2-3-13-12(6-10)16-14(7-15)17(13)8-11-9-19-4-5-20-11/h2-3,6,11H,4-5,7-9H2,1H3. The number of ether oxygens (including phenoxy) is 1. The van der Waals surface area contributed by atoms with E-state index < -0.39 is 0 Å². The lowest BCUT2D eigenvalue weighted by Gasteiger charge is -2.22. The molecule has 0 saturated carbocycles. The highest BCUT2D eigenvalue weighted by molar-refractivity contribution is 8.06. The van der Waals surface area contributed by atoms with Crippen molar-refractivity contribution in [3.63, 3.8) is 0 Å². The molecule has 0 amide bonds. The van der Waals surface area contributed by atoms with E-state index in [1.807, 2.05) is 23.9 Å². The van der Waals surface area contributed by atoms with E-state index in [2.05, 4.69) is 27.4 Å². The van der Waals surface area contributed by atoms with Gasteiger partial charge in [-0.05, 0) is 12.1 Å². The van der Waals surface area contributed by atoms with Crippen molar-refractivity contribution in [1.29, 1.82) is 0 Å². The van der Waals surface area contributed by atoms with Crippen LogP contribution < -0.4 is 4.74 Å². The minimum atomic E-state index is 0.446. The molecule has 2 aromatic rings. The fourth-order valence-corrected chi connectivity index (χ4v) is 5.29. The van der Waals surface area contributed by atoms with Crippen LogP contribution in [0.3, 0.4) is 0 Å². The predicted octanol–water partition coefficient (Wildman–Crippen LogP) is 3.63. The van der Waals surface area contributed by atoms with Crippen molar-refractivity contribution in [3.8, 4) is 5.75 Å². The van der Waals surface area contributed by atoms with Gasteiger partial charge in [0.05, 0.1) is 24.0 Å². The van der Waals surface area contributed by atoms with Crippen LogP contribution in [0.2, 0.25) is 0 Å². The van der Waals surface area contributed by atoms with Crippen LogP contribution in [0.5, 0.6) is 5.75 Å². The van der Waals surface area contributed by atoms with Gasteiger partial charge in [0.25, 0.3) is 0 Å². The molecule has 1 atom stereocenters. The van der Waals surface area contributed by atoms with E-state index >= 15 is 0 Å². The van der Waals surface area contributed by atoms with Crippen LogP contribution in [-0.2, 0) is 12.4 Å². The Balaban J connectivity index is 1.94. The van der Waals surface area contributed by atoms with Crippen molar-refractivity contribution < 1.29 is 4.74 Å². The fraction of sp³-hybridized carbons (Fsp3) is 0.500. The molecule has 2 heterocycles. The molecular weight excluding hydrogens is 312 g/mol. The highest BCUT2D eigenvalue weighted by Crippen LogP contribution is 2.28. The largest absolute Gasteiger partial charge is 0.497 e. The fourth-order valence-electron chi connectivity index (χ4n) is 2.44. The number of alkyl halides is 1. The Morgan fingerprint density at radius 3 is 3.05 bits per heavy atom. The molecular formula is C14H17ClN2OS2. The second kappa shape index (κ2) is 6.50. The predicted molar refractivity (Wildman–Crippen MR) is 89.4 cm³/mol. The van der Waals surface area contributed by atoms with Crippen LogP contribution >= 0.6 is 35.1 Å². The van der Waals surface area contributed by atoms with Gasteiger partial charge in [0.2, 0.25) is 0 Å². The Labute approximate surface area is 132 Å². The lowest BCUT2D eigenvalue weighted by atomic mass is 10.3. The smallest absolute Gasteiger partial charge is 0.124 e. The number of halogens is 1. The zero-order chi connectivity index (χ0) is 13.9. The number of aromatic nitrogens is 2. The molecule has 20 heavy (non-hydrogen) atoms. The number of methoxy groups -OCH3 is 1. The molecule has 3 nitrogen and oxygen atoms in total. The van der Waals surface area contributed by atoms with E-state index in [4.69, 9.17) is 16.3 Å². The number of hydrogen-bond donors (Lipinski definition) is 0. The van der Waals surface area contributed by atoms with Crippen LogP contribution in [-0.4, -0.2) is 39.2 Å². The first-order chi connectivity index (χ1) is 9.81. The second-order valence-electron chi connectivity index (χ2n) is 4.69. The summed E-state index contributed by atoms with van der Waals surface area (Å²) < 4.78 is 7.53. The molecule has 0 bridgehead atoms. The van der Waals surface area contributed by atoms with Crippen molar-refractivity contribution in [2.75, 3.05) is 24.4 Å². The molecule has 1 aliphatic heterocycles. The van der Waals surface area contributed by atoms with E-state index in [1.165, 1.54) is 17.3 Å². The lowest BCUT2D eigenvalue weighted by molar-refractivity contribution is 0.415. The summed E-state index contributed by atoms with van der Waals surface area (Å²) >= 11 is 10.2. The van der Waals surface area contributed by atoms with Gasteiger partial charge in [0.15, 0.2) is 0 Å². The van der Waals surface area contributed by atoms with Gasteiger partial charge in [0.1, 0.15) is 11.6 Å². The molecule has 0 radical (unpaired) electrons. The first-order valence-electron chi connectivity index (χ1n) is 6.60. The summed E-state index contributed by atoms with van der Waals surface area (Å²) in [6, 6.07) is 6.05. The van der Waals surface area contributed by atoms with Gasteiger partial charge in [-0.2, -0.15) is 23.5 Å². The molecule has 1 aromatic heterocycles. The third-order valence-electron chi connectivity index (χ3n) is 3.43. The van der Waals surface area contributed by atoms with Gasteiger partial charge in [-0.25, -0.2) is 4.98 Å². The number of fused-ring (bicyclic) bond motifs is 1. The maximum atomic E-state index is 6.07. The number of hydrogen-bond acceptors (Lipinski definition) is 4. The highest BCUT2D eigenvalue weighted by Gasteiger charge is 2.18. The summed E-state index contributed by atoms with van der Waals surface area (Å²) in [5.41, 5.74) is 2.12. The number of benzene rings is 1. The van der Waals surface area contributed by atoms with Gasteiger partial charge >= 0.3 is 0 Å². The van der Waals surface area contributed by atoms with Gasteiger partial charge in [0, 0.05) is 35.1 Å². The summed E-state index contributed by atoms with van der Waals surface area (Å²) in [7, 11) is 1.68. The molecule has 1 fully saturated rings. The molecule has 0 N–H and O–H groups in total. The third-order valence-corrected chi connectivity index (χ3v) is 6.49. The van der Waals surface area contributed by atoms with E-state index in [-0.39, 0.29) is 0 Å². The van der Waals surface area contributed by atoms with Crippen LogP contribution in [0.4, 0.5) is 0 Å². The molecule has 1 saturated heterocycles. The number of rotatable bonds is 4. The monoisotopic (exact) mass is 328 g/mol. The van der Waals surface area contributed by atoms with Crippen LogP contribution in [0, 0.1) is 0 Å². The van der Waals surface area contributed by atoms with Crippen LogP contribution in [0.25, 0.3) is 11.0 Å². The average molecular weight is 329 g/mol. The normalized spacial score (nSPS) is 19.4. The van der Waals surface area contributed by atoms with Crippen molar-refractivity contribution in [1.82, 2.24) is 9.55 Å². The number of imidazole rings is 1. The Morgan fingerprint density at radius 1 is 1.45 bits per heavy atom. The maximum Gasteiger partial charge on any atom is 0.124 e. The summed E-state index contributed by atoms with van der Waals surface area (Å²) in [6.07, 6.45) is 0. The topological polar surface area (TPSA) is 27.1 Å². The zero-order valence-electron chi connectivity index (χ0n) is 11.3. The molecule has 1 unspecified atom stereocenters. The SMILES string of the molecule is COc1ccc2c(c1)nc(CCl)n2CC1CSCCS1. The molecule has 108 valence electrons. The van der Waals surface area contributed by atoms with Crippen LogP contribution in [0.1, 0.15) is 5.82 Å². The molecule has 3 rings (SSSR count). The summed E-state index contributed by atoms with van der Waals surface area (Å²) in [5, 5.41) is 0.648. The van der Waals surface area contributed by atoms with E-state index in [0.717, 1.165) is 29.2 Å².